The number of hydrogen-bond donors (Lipinski definition) is 1. The molecule has 3 nitrogen and oxygen atoms in total. The summed E-state index contributed by atoms with van der Waals surface area (Å²) in [5.74, 6) is 1.12. The molecule has 2 rings (SSSR count). The first-order valence-electron chi connectivity index (χ1n) is 6.19. The minimum atomic E-state index is -0.369. The molecular formula is C12H22N2O. The third kappa shape index (κ3) is 1.78. The lowest BCUT2D eigenvalue weighted by atomic mass is 9.97. The molecule has 0 bridgehead atoms. The molecule has 3 heteroatoms. The van der Waals surface area contributed by atoms with E-state index in [4.69, 9.17) is 4.99 Å². The summed E-state index contributed by atoms with van der Waals surface area (Å²) in [4.78, 5) is 6.80. The maximum atomic E-state index is 10.2. The van der Waals surface area contributed by atoms with Crippen molar-refractivity contribution in [3.8, 4) is 0 Å². The fourth-order valence-electron chi connectivity index (χ4n) is 2.82. The van der Waals surface area contributed by atoms with Crippen LogP contribution in [0.15, 0.2) is 4.99 Å². The fourth-order valence-corrected chi connectivity index (χ4v) is 2.82. The van der Waals surface area contributed by atoms with Crippen LogP contribution in [0.2, 0.25) is 0 Å². The summed E-state index contributed by atoms with van der Waals surface area (Å²) in [7, 11) is 1.98. The molecule has 86 valence electrons. The largest absolute Gasteiger partial charge is 0.371 e. The summed E-state index contributed by atoms with van der Waals surface area (Å²) >= 11 is 0. The molecule has 1 fully saturated rings. The first kappa shape index (κ1) is 10.9. The highest BCUT2D eigenvalue weighted by atomic mass is 16.3. The number of nitrogens with zero attached hydrogens (tertiary/aromatic N) is 2. The first-order chi connectivity index (χ1) is 7.19. The summed E-state index contributed by atoms with van der Waals surface area (Å²) in [5, 5.41) is 10.2. The highest BCUT2D eigenvalue weighted by molar-refractivity contribution is 5.84. The van der Waals surface area contributed by atoms with Crippen molar-refractivity contribution in [1.29, 1.82) is 0 Å². The van der Waals surface area contributed by atoms with Gasteiger partial charge in [-0.3, -0.25) is 4.99 Å². The van der Waals surface area contributed by atoms with E-state index in [-0.39, 0.29) is 11.8 Å². The van der Waals surface area contributed by atoms with Gasteiger partial charge in [0.15, 0.2) is 6.23 Å². The van der Waals surface area contributed by atoms with Crippen LogP contribution in [0.3, 0.4) is 0 Å². The van der Waals surface area contributed by atoms with E-state index in [9.17, 15) is 5.11 Å². The Morgan fingerprint density at radius 1 is 1.47 bits per heavy atom. The summed E-state index contributed by atoms with van der Waals surface area (Å²) in [5.41, 5.74) is -0.141. The number of likely N-dealkylation sites (N-methyl/N-ethyl adjacent to an activating group) is 1. The van der Waals surface area contributed by atoms with Gasteiger partial charge in [-0.25, -0.2) is 0 Å². The Bertz CT molecular complexity index is 256. The van der Waals surface area contributed by atoms with E-state index >= 15 is 0 Å². The van der Waals surface area contributed by atoms with E-state index in [0.29, 0.717) is 0 Å². The van der Waals surface area contributed by atoms with Crippen LogP contribution in [0.1, 0.15) is 51.9 Å². The van der Waals surface area contributed by atoms with Crippen LogP contribution in [-0.4, -0.2) is 34.7 Å². The predicted octanol–water partition coefficient (Wildman–Crippen LogP) is 2.15. The van der Waals surface area contributed by atoms with Crippen LogP contribution in [0.4, 0.5) is 0 Å². The zero-order valence-electron chi connectivity index (χ0n) is 9.87. The van der Waals surface area contributed by atoms with E-state index in [1.807, 2.05) is 11.9 Å². The standard InChI is InChI=1S/C12H22N2O/c1-3-4-7-10-13-12(8-5-6-9-12)11(15)14(10)2/h11,15H,3-9H2,1-2H3. The van der Waals surface area contributed by atoms with Gasteiger partial charge in [0.25, 0.3) is 0 Å². The fraction of sp³-hybridized carbons (Fsp3) is 0.917. The van der Waals surface area contributed by atoms with Crippen LogP contribution in [0, 0.1) is 0 Å². The third-order valence-corrected chi connectivity index (χ3v) is 3.83. The first-order valence-corrected chi connectivity index (χ1v) is 6.19. The molecule has 1 unspecified atom stereocenters. The lowest BCUT2D eigenvalue weighted by Gasteiger charge is -2.28. The van der Waals surface area contributed by atoms with Crippen LogP contribution in [-0.2, 0) is 0 Å². The molecule has 0 aromatic rings. The quantitative estimate of drug-likeness (QED) is 0.774. The second-order valence-corrected chi connectivity index (χ2v) is 4.93. The van der Waals surface area contributed by atoms with Crippen molar-refractivity contribution in [2.24, 2.45) is 4.99 Å². The van der Waals surface area contributed by atoms with E-state index in [1.54, 1.807) is 0 Å². The van der Waals surface area contributed by atoms with Crippen molar-refractivity contribution in [1.82, 2.24) is 4.90 Å². The molecule has 1 heterocycles. The Hall–Kier alpha value is -0.570. The number of aliphatic hydroxyl groups excluding tert-OH is 1. The number of hydrogen-bond acceptors (Lipinski definition) is 3. The van der Waals surface area contributed by atoms with Gasteiger partial charge in [0, 0.05) is 13.5 Å². The Morgan fingerprint density at radius 3 is 2.73 bits per heavy atom. The second kappa shape index (κ2) is 4.12. The molecule has 0 amide bonds. The molecular weight excluding hydrogens is 188 g/mol. The molecule has 0 radical (unpaired) electrons. The summed E-state index contributed by atoms with van der Waals surface area (Å²) in [6.45, 7) is 2.19. The van der Waals surface area contributed by atoms with Crippen molar-refractivity contribution >= 4 is 5.84 Å². The van der Waals surface area contributed by atoms with Gasteiger partial charge < -0.3 is 10.0 Å². The van der Waals surface area contributed by atoms with Crippen LogP contribution in [0.5, 0.6) is 0 Å². The van der Waals surface area contributed by atoms with Crippen molar-refractivity contribution < 1.29 is 5.11 Å². The van der Waals surface area contributed by atoms with Gasteiger partial charge in [-0.05, 0) is 19.3 Å². The van der Waals surface area contributed by atoms with Gasteiger partial charge in [0.1, 0.15) is 11.4 Å². The number of aliphatic imine (C=N–C) groups is 1. The molecule has 0 saturated heterocycles. The molecule has 1 spiro atoms. The highest BCUT2D eigenvalue weighted by Gasteiger charge is 2.47. The van der Waals surface area contributed by atoms with Crippen molar-refractivity contribution in [3.63, 3.8) is 0 Å². The maximum Gasteiger partial charge on any atom is 0.153 e. The smallest absolute Gasteiger partial charge is 0.153 e. The Morgan fingerprint density at radius 2 is 2.13 bits per heavy atom. The van der Waals surface area contributed by atoms with Gasteiger partial charge >= 0.3 is 0 Å². The van der Waals surface area contributed by atoms with Gasteiger partial charge in [0.05, 0.1) is 0 Å². The van der Waals surface area contributed by atoms with Gasteiger partial charge in [0.2, 0.25) is 0 Å². The number of rotatable bonds is 3. The summed E-state index contributed by atoms with van der Waals surface area (Å²) in [6.07, 6.45) is 7.58. The second-order valence-electron chi connectivity index (χ2n) is 4.93. The average Bonchev–Trinajstić information content (AvgIpc) is 2.79. The SMILES string of the molecule is CCCCC1=NC2(CCCC2)C(O)N1C. The van der Waals surface area contributed by atoms with Crippen molar-refractivity contribution in [2.45, 2.75) is 63.6 Å². The van der Waals surface area contributed by atoms with E-state index in [0.717, 1.165) is 25.1 Å². The number of amidine groups is 1. The molecule has 0 aromatic carbocycles. The molecule has 1 atom stereocenters. The lowest BCUT2D eigenvalue weighted by Crippen LogP contribution is -2.43. The van der Waals surface area contributed by atoms with E-state index in [1.165, 1.54) is 25.7 Å². The average molecular weight is 210 g/mol. The van der Waals surface area contributed by atoms with Gasteiger partial charge in [-0.1, -0.05) is 26.2 Å². The van der Waals surface area contributed by atoms with Crippen molar-refractivity contribution in [2.75, 3.05) is 7.05 Å². The highest BCUT2D eigenvalue weighted by Crippen LogP contribution is 2.41. The molecule has 1 N–H and O–H groups in total. The van der Waals surface area contributed by atoms with Crippen LogP contribution in [0.25, 0.3) is 0 Å². The number of aliphatic hydroxyl groups is 1. The minimum absolute atomic E-state index is 0.141. The normalized spacial score (nSPS) is 28.9. The zero-order valence-corrected chi connectivity index (χ0v) is 9.87. The summed E-state index contributed by atoms with van der Waals surface area (Å²) < 4.78 is 0. The summed E-state index contributed by atoms with van der Waals surface area (Å²) in [6, 6.07) is 0. The molecule has 1 saturated carbocycles. The molecule has 2 aliphatic rings. The Kier molecular flexibility index (Phi) is 3.01. The third-order valence-electron chi connectivity index (χ3n) is 3.83. The minimum Gasteiger partial charge on any atom is -0.371 e. The van der Waals surface area contributed by atoms with Crippen molar-refractivity contribution in [3.05, 3.63) is 0 Å². The lowest BCUT2D eigenvalue weighted by molar-refractivity contribution is 0.0190. The molecule has 0 aromatic heterocycles. The maximum absolute atomic E-state index is 10.2. The Labute approximate surface area is 92.2 Å². The molecule has 1 aliphatic heterocycles. The van der Waals surface area contributed by atoms with E-state index in [2.05, 4.69) is 6.92 Å². The van der Waals surface area contributed by atoms with Gasteiger partial charge in [-0.15, -0.1) is 0 Å². The van der Waals surface area contributed by atoms with Crippen LogP contribution >= 0.6 is 0 Å². The Balaban J connectivity index is 2.10. The van der Waals surface area contributed by atoms with E-state index < -0.39 is 0 Å². The predicted molar refractivity (Wildman–Crippen MR) is 61.9 cm³/mol. The van der Waals surface area contributed by atoms with Crippen LogP contribution < -0.4 is 0 Å². The zero-order chi connectivity index (χ0) is 10.9. The topological polar surface area (TPSA) is 35.8 Å². The monoisotopic (exact) mass is 210 g/mol. The van der Waals surface area contributed by atoms with Gasteiger partial charge in [-0.2, -0.15) is 0 Å². The molecule has 1 aliphatic carbocycles. The molecule has 15 heavy (non-hydrogen) atoms. The number of unbranched alkanes of at least 4 members (excludes halogenated alkanes) is 1.